The molecule has 0 aliphatic heterocycles. The minimum Gasteiger partial charge on any atom is -0.310 e. The molecule has 1 unspecified atom stereocenters. The van der Waals surface area contributed by atoms with Gasteiger partial charge in [0, 0.05) is 36.6 Å². The lowest BCUT2D eigenvalue weighted by atomic mass is 10.0. The standard InChI is InChI=1S/C16H24N4/c1-5-17-16(14-7-6-13(4)18-11-14)10-15-8-9-20(19-15)12(2)3/h6-9,11-12,16-17H,5,10H2,1-4H3. The van der Waals surface area contributed by atoms with E-state index in [-0.39, 0.29) is 6.04 Å². The highest BCUT2D eigenvalue weighted by Gasteiger charge is 2.13. The molecule has 1 atom stereocenters. The number of aromatic nitrogens is 3. The molecule has 108 valence electrons. The summed E-state index contributed by atoms with van der Waals surface area (Å²) < 4.78 is 2.01. The SMILES string of the molecule is CCNC(Cc1ccn(C(C)C)n1)c1ccc(C)nc1. The van der Waals surface area contributed by atoms with Gasteiger partial charge in [0.1, 0.15) is 0 Å². The number of nitrogens with one attached hydrogen (secondary N) is 1. The lowest BCUT2D eigenvalue weighted by molar-refractivity contribution is 0.506. The Kier molecular flexibility index (Phi) is 4.90. The highest BCUT2D eigenvalue weighted by atomic mass is 15.3. The van der Waals surface area contributed by atoms with E-state index in [4.69, 9.17) is 0 Å². The van der Waals surface area contributed by atoms with Gasteiger partial charge >= 0.3 is 0 Å². The van der Waals surface area contributed by atoms with Gasteiger partial charge in [-0.2, -0.15) is 5.10 Å². The van der Waals surface area contributed by atoms with Crippen LogP contribution in [-0.4, -0.2) is 21.3 Å². The molecular weight excluding hydrogens is 248 g/mol. The molecule has 0 saturated carbocycles. The summed E-state index contributed by atoms with van der Waals surface area (Å²) in [6, 6.07) is 6.99. The second-order valence-corrected chi connectivity index (χ2v) is 5.43. The molecule has 2 heterocycles. The fourth-order valence-corrected chi connectivity index (χ4v) is 2.22. The normalized spacial score (nSPS) is 12.8. The molecule has 2 aromatic heterocycles. The Balaban J connectivity index is 2.14. The molecular formula is C16H24N4. The van der Waals surface area contributed by atoms with Crippen LogP contribution in [0.25, 0.3) is 0 Å². The van der Waals surface area contributed by atoms with Crippen LogP contribution in [0.5, 0.6) is 0 Å². The zero-order chi connectivity index (χ0) is 14.5. The van der Waals surface area contributed by atoms with Gasteiger partial charge in [-0.15, -0.1) is 0 Å². The summed E-state index contributed by atoms with van der Waals surface area (Å²) in [6.07, 6.45) is 4.90. The Hall–Kier alpha value is -1.68. The molecule has 4 heteroatoms. The molecule has 1 N–H and O–H groups in total. The van der Waals surface area contributed by atoms with Gasteiger partial charge in [0.25, 0.3) is 0 Å². The van der Waals surface area contributed by atoms with Crippen molar-refractivity contribution in [2.75, 3.05) is 6.54 Å². The number of nitrogens with zero attached hydrogens (tertiary/aromatic N) is 3. The number of rotatable bonds is 6. The van der Waals surface area contributed by atoms with Crippen LogP contribution in [0.1, 0.15) is 49.8 Å². The van der Waals surface area contributed by atoms with Gasteiger partial charge in [-0.1, -0.05) is 13.0 Å². The van der Waals surface area contributed by atoms with E-state index in [1.165, 1.54) is 5.56 Å². The van der Waals surface area contributed by atoms with Gasteiger partial charge in [0.05, 0.1) is 5.69 Å². The number of likely N-dealkylation sites (N-methyl/N-ethyl adjacent to an activating group) is 1. The van der Waals surface area contributed by atoms with Gasteiger partial charge in [-0.25, -0.2) is 0 Å². The summed E-state index contributed by atoms with van der Waals surface area (Å²) in [5.41, 5.74) is 3.38. The molecule has 4 nitrogen and oxygen atoms in total. The average molecular weight is 272 g/mol. The molecule has 0 radical (unpaired) electrons. The number of pyridine rings is 1. The third-order valence-electron chi connectivity index (χ3n) is 3.39. The predicted molar refractivity (Wildman–Crippen MR) is 81.7 cm³/mol. The van der Waals surface area contributed by atoms with Crippen LogP contribution in [0.2, 0.25) is 0 Å². The first-order valence-corrected chi connectivity index (χ1v) is 7.30. The molecule has 0 saturated heterocycles. The van der Waals surface area contributed by atoms with Crippen molar-refractivity contribution in [2.24, 2.45) is 0 Å². The molecule has 2 rings (SSSR count). The molecule has 0 fully saturated rings. The molecule has 2 aromatic rings. The van der Waals surface area contributed by atoms with E-state index in [1.807, 2.05) is 17.8 Å². The van der Waals surface area contributed by atoms with Crippen LogP contribution >= 0.6 is 0 Å². The molecule has 0 aliphatic rings. The lowest BCUT2D eigenvalue weighted by Crippen LogP contribution is -2.23. The second kappa shape index (κ2) is 6.66. The predicted octanol–water partition coefficient (Wildman–Crippen LogP) is 3.06. The first-order valence-electron chi connectivity index (χ1n) is 7.30. The molecule has 20 heavy (non-hydrogen) atoms. The van der Waals surface area contributed by atoms with E-state index in [1.54, 1.807) is 0 Å². The second-order valence-electron chi connectivity index (χ2n) is 5.43. The maximum absolute atomic E-state index is 4.63. The van der Waals surface area contributed by atoms with Crippen molar-refractivity contribution in [3.05, 3.63) is 47.5 Å². The van der Waals surface area contributed by atoms with Crippen molar-refractivity contribution < 1.29 is 0 Å². The summed E-state index contributed by atoms with van der Waals surface area (Å²) in [6.45, 7) is 9.35. The Morgan fingerprint density at radius 2 is 2.05 bits per heavy atom. The zero-order valence-electron chi connectivity index (χ0n) is 12.8. The summed E-state index contributed by atoms with van der Waals surface area (Å²) in [4.78, 5) is 4.39. The maximum atomic E-state index is 4.63. The van der Waals surface area contributed by atoms with Crippen LogP contribution in [0.15, 0.2) is 30.6 Å². The zero-order valence-corrected chi connectivity index (χ0v) is 12.8. The van der Waals surface area contributed by atoms with Crippen molar-refractivity contribution in [2.45, 2.75) is 46.2 Å². The Bertz CT molecular complexity index is 528. The van der Waals surface area contributed by atoms with Crippen molar-refractivity contribution >= 4 is 0 Å². The van der Waals surface area contributed by atoms with Crippen molar-refractivity contribution in [3.63, 3.8) is 0 Å². The summed E-state index contributed by atoms with van der Waals surface area (Å²) in [5, 5.41) is 8.15. The monoisotopic (exact) mass is 272 g/mol. The number of hydrogen-bond acceptors (Lipinski definition) is 3. The maximum Gasteiger partial charge on any atom is 0.0643 e. The Morgan fingerprint density at radius 3 is 2.60 bits per heavy atom. The van der Waals surface area contributed by atoms with E-state index < -0.39 is 0 Å². The fourth-order valence-electron chi connectivity index (χ4n) is 2.22. The number of hydrogen-bond donors (Lipinski definition) is 1. The Morgan fingerprint density at radius 1 is 1.25 bits per heavy atom. The quantitative estimate of drug-likeness (QED) is 0.879. The highest BCUT2D eigenvalue weighted by Crippen LogP contribution is 2.17. The average Bonchev–Trinajstić information content (AvgIpc) is 2.88. The van der Waals surface area contributed by atoms with E-state index >= 15 is 0 Å². The third-order valence-corrected chi connectivity index (χ3v) is 3.39. The van der Waals surface area contributed by atoms with E-state index in [2.05, 4.69) is 60.6 Å². The van der Waals surface area contributed by atoms with Gasteiger partial charge in [0.15, 0.2) is 0 Å². The first kappa shape index (κ1) is 14.7. The van der Waals surface area contributed by atoms with Crippen molar-refractivity contribution in [1.29, 1.82) is 0 Å². The molecule has 0 amide bonds. The minimum atomic E-state index is 0.267. The van der Waals surface area contributed by atoms with Gasteiger partial charge in [-0.05, 0) is 45.0 Å². The summed E-state index contributed by atoms with van der Waals surface area (Å²) >= 11 is 0. The van der Waals surface area contributed by atoms with Crippen molar-refractivity contribution in [1.82, 2.24) is 20.1 Å². The Labute approximate surface area is 121 Å². The summed E-state index contributed by atoms with van der Waals surface area (Å²) in [7, 11) is 0. The highest BCUT2D eigenvalue weighted by molar-refractivity contribution is 5.19. The van der Waals surface area contributed by atoms with Crippen LogP contribution in [0.4, 0.5) is 0 Å². The van der Waals surface area contributed by atoms with E-state index in [0.29, 0.717) is 6.04 Å². The molecule has 0 spiro atoms. The van der Waals surface area contributed by atoms with Crippen LogP contribution in [0.3, 0.4) is 0 Å². The van der Waals surface area contributed by atoms with Crippen LogP contribution in [-0.2, 0) is 6.42 Å². The fraction of sp³-hybridized carbons (Fsp3) is 0.500. The lowest BCUT2D eigenvalue weighted by Gasteiger charge is -2.17. The minimum absolute atomic E-state index is 0.267. The van der Waals surface area contributed by atoms with Gasteiger partial charge in [-0.3, -0.25) is 9.67 Å². The molecule has 0 aromatic carbocycles. The van der Waals surface area contributed by atoms with E-state index in [0.717, 1.165) is 24.4 Å². The molecule has 0 bridgehead atoms. The van der Waals surface area contributed by atoms with Crippen molar-refractivity contribution in [3.8, 4) is 0 Å². The topological polar surface area (TPSA) is 42.7 Å². The van der Waals surface area contributed by atoms with E-state index in [9.17, 15) is 0 Å². The van der Waals surface area contributed by atoms with Gasteiger partial charge < -0.3 is 5.32 Å². The third kappa shape index (κ3) is 3.67. The first-order chi connectivity index (χ1) is 9.60. The number of aryl methyl sites for hydroxylation is 1. The van der Waals surface area contributed by atoms with Gasteiger partial charge in [0.2, 0.25) is 0 Å². The summed E-state index contributed by atoms with van der Waals surface area (Å²) in [5.74, 6) is 0. The van der Waals surface area contributed by atoms with Crippen LogP contribution < -0.4 is 5.32 Å². The largest absolute Gasteiger partial charge is 0.310 e. The smallest absolute Gasteiger partial charge is 0.0643 e. The molecule has 0 aliphatic carbocycles. The van der Waals surface area contributed by atoms with Crippen LogP contribution in [0, 0.1) is 6.92 Å².